The molecule has 1 aromatic rings. The van der Waals surface area contributed by atoms with Crippen LogP contribution >= 0.6 is 11.6 Å². The van der Waals surface area contributed by atoms with Crippen molar-refractivity contribution in [1.29, 1.82) is 0 Å². The molecule has 4 rings (SSSR count). The van der Waals surface area contributed by atoms with E-state index in [2.05, 4.69) is 20.1 Å². The highest BCUT2D eigenvalue weighted by Crippen LogP contribution is 2.42. The van der Waals surface area contributed by atoms with Gasteiger partial charge in [0.25, 0.3) is 0 Å². The summed E-state index contributed by atoms with van der Waals surface area (Å²) in [6.45, 7) is 4.97. The zero-order valence-electron chi connectivity index (χ0n) is 15.1. The van der Waals surface area contributed by atoms with E-state index in [0.717, 1.165) is 26.1 Å². The van der Waals surface area contributed by atoms with Crippen molar-refractivity contribution in [3.05, 3.63) is 23.1 Å². The Kier molecular flexibility index (Phi) is 5.06. The lowest BCUT2D eigenvalue weighted by Crippen LogP contribution is -2.65. The van der Waals surface area contributed by atoms with Crippen LogP contribution in [0.3, 0.4) is 0 Å². The number of anilines is 1. The van der Waals surface area contributed by atoms with Gasteiger partial charge in [-0.15, -0.1) is 0 Å². The number of hydrogen-bond acceptors (Lipinski definition) is 4. The molecule has 0 radical (unpaired) electrons. The lowest BCUT2D eigenvalue weighted by molar-refractivity contribution is -0.119. The van der Waals surface area contributed by atoms with Crippen LogP contribution in [0.5, 0.6) is 0 Å². The van der Waals surface area contributed by atoms with E-state index >= 15 is 0 Å². The molecule has 3 aliphatic heterocycles. The van der Waals surface area contributed by atoms with E-state index in [-0.39, 0.29) is 11.7 Å². The highest BCUT2D eigenvalue weighted by Gasteiger charge is 2.47. The van der Waals surface area contributed by atoms with E-state index in [0.29, 0.717) is 41.3 Å². The molecule has 3 aliphatic rings. The van der Waals surface area contributed by atoms with E-state index in [9.17, 15) is 9.18 Å². The van der Waals surface area contributed by atoms with Gasteiger partial charge >= 0.3 is 0 Å². The van der Waals surface area contributed by atoms with Crippen molar-refractivity contribution in [3.8, 4) is 0 Å². The molecule has 0 saturated carbocycles. The number of nitrogens with one attached hydrogen (secondary N) is 1. The number of halogens is 2. The fourth-order valence-electron chi connectivity index (χ4n) is 5.25. The predicted octanol–water partition coefficient (Wildman–Crippen LogP) is 2.69. The Morgan fingerprint density at radius 2 is 2.19 bits per heavy atom. The van der Waals surface area contributed by atoms with Gasteiger partial charge in [0, 0.05) is 44.8 Å². The van der Waals surface area contributed by atoms with Crippen LogP contribution in [-0.2, 0) is 4.79 Å². The molecule has 7 heteroatoms. The number of amides is 1. The molecule has 1 N–H and O–H groups in total. The SMILES string of the molecule is CC(=O)NC[C@H]1[C@H]2C[C@H](CN(c3ncc(Cl)cc3F)C2)[C@@H]2CCCCN21. The first kappa shape index (κ1) is 18.0. The first-order valence-electron chi connectivity index (χ1n) is 9.59. The summed E-state index contributed by atoms with van der Waals surface area (Å²) in [5, 5.41) is 3.34. The molecule has 4 atom stereocenters. The van der Waals surface area contributed by atoms with Gasteiger partial charge in [-0.3, -0.25) is 9.69 Å². The van der Waals surface area contributed by atoms with Gasteiger partial charge in [-0.2, -0.15) is 0 Å². The van der Waals surface area contributed by atoms with E-state index in [1.54, 1.807) is 6.92 Å². The van der Waals surface area contributed by atoms with Gasteiger partial charge in [-0.25, -0.2) is 9.37 Å². The quantitative estimate of drug-likeness (QED) is 0.875. The van der Waals surface area contributed by atoms with E-state index in [1.807, 2.05) is 0 Å². The van der Waals surface area contributed by atoms with Crippen LogP contribution in [0.2, 0.25) is 5.02 Å². The van der Waals surface area contributed by atoms with Crippen molar-refractivity contribution in [1.82, 2.24) is 15.2 Å². The van der Waals surface area contributed by atoms with Gasteiger partial charge in [-0.05, 0) is 43.7 Å². The summed E-state index contributed by atoms with van der Waals surface area (Å²) >= 11 is 5.87. The second-order valence-corrected chi connectivity index (χ2v) is 8.36. The monoisotopic (exact) mass is 380 g/mol. The van der Waals surface area contributed by atoms with Crippen LogP contribution in [0.4, 0.5) is 10.2 Å². The maximum absolute atomic E-state index is 14.4. The van der Waals surface area contributed by atoms with Crippen molar-refractivity contribution in [2.24, 2.45) is 11.8 Å². The second kappa shape index (κ2) is 7.31. The average molecular weight is 381 g/mol. The van der Waals surface area contributed by atoms with E-state index in [1.165, 1.54) is 31.5 Å². The van der Waals surface area contributed by atoms with Gasteiger partial charge in [-0.1, -0.05) is 18.0 Å². The molecule has 4 heterocycles. The van der Waals surface area contributed by atoms with Crippen LogP contribution in [0.15, 0.2) is 12.3 Å². The average Bonchev–Trinajstić information content (AvgIpc) is 2.61. The molecule has 0 aromatic carbocycles. The molecule has 1 amide bonds. The van der Waals surface area contributed by atoms with Gasteiger partial charge < -0.3 is 10.2 Å². The zero-order valence-corrected chi connectivity index (χ0v) is 15.9. The number of piperidine rings is 3. The van der Waals surface area contributed by atoms with E-state index < -0.39 is 0 Å². The van der Waals surface area contributed by atoms with Crippen LogP contribution in [0.1, 0.15) is 32.6 Å². The highest BCUT2D eigenvalue weighted by atomic mass is 35.5. The molecule has 5 nitrogen and oxygen atoms in total. The van der Waals surface area contributed by atoms with Crippen LogP contribution < -0.4 is 10.2 Å². The van der Waals surface area contributed by atoms with Crippen molar-refractivity contribution in [2.45, 2.75) is 44.7 Å². The fraction of sp³-hybridized carbons (Fsp3) is 0.684. The largest absolute Gasteiger partial charge is 0.355 e. The van der Waals surface area contributed by atoms with Gasteiger partial charge in [0.1, 0.15) is 0 Å². The lowest BCUT2D eigenvalue weighted by atomic mass is 9.72. The summed E-state index contributed by atoms with van der Waals surface area (Å²) in [6.07, 6.45) is 6.34. The summed E-state index contributed by atoms with van der Waals surface area (Å²) in [6, 6.07) is 2.19. The van der Waals surface area contributed by atoms with Gasteiger partial charge in [0.2, 0.25) is 5.91 Å². The zero-order chi connectivity index (χ0) is 18.3. The Bertz CT molecular complexity index is 688. The molecule has 0 spiro atoms. The number of rotatable bonds is 3. The molecule has 26 heavy (non-hydrogen) atoms. The van der Waals surface area contributed by atoms with Crippen molar-refractivity contribution in [3.63, 3.8) is 0 Å². The molecule has 3 fully saturated rings. The Morgan fingerprint density at radius 3 is 2.96 bits per heavy atom. The lowest BCUT2D eigenvalue weighted by Gasteiger charge is -2.57. The van der Waals surface area contributed by atoms with Crippen molar-refractivity contribution in [2.75, 3.05) is 31.1 Å². The number of hydrogen-bond donors (Lipinski definition) is 1. The van der Waals surface area contributed by atoms with Gasteiger partial charge in [0.05, 0.1) is 5.02 Å². The van der Waals surface area contributed by atoms with Gasteiger partial charge in [0.15, 0.2) is 11.6 Å². The standard InChI is InChI=1S/C19H26ClFN4O/c1-12(26)22-9-18-14-6-13(17-4-2-3-5-25(17)18)10-24(11-14)19-16(21)7-15(20)8-23-19/h7-8,13-14,17-18H,2-6,9-11H2,1H3,(H,22,26)/t13-,14+,17+,18+/m1/s1. The molecule has 3 saturated heterocycles. The topological polar surface area (TPSA) is 48.5 Å². The third-order valence-electron chi connectivity index (χ3n) is 6.27. The number of fused-ring (bicyclic) bond motifs is 4. The van der Waals surface area contributed by atoms with Crippen molar-refractivity contribution < 1.29 is 9.18 Å². The van der Waals surface area contributed by atoms with Crippen LogP contribution in [0, 0.1) is 17.7 Å². The first-order chi connectivity index (χ1) is 12.5. The first-order valence-corrected chi connectivity index (χ1v) is 9.97. The fourth-order valence-corrected chi connectivity index (χ4v) is 5.39. The Morgan fingerprint density at radius 1 is 1.38 bits per heavy atom. The second-order valence-electron chi connectivity index (χ2n) is 7.93. The Hall–Kier alpha value is -1.40. The number of aromatic nitrogens is 1. The molecular weight excluding hydrogens is 355 g/mol. The number of pyridine rings is 1. The third-order valence-corrected chi connectivity index (χ3v) is 6.48. The molecular formula is C19H26ClFN4O. The molecule has 1 aromatic heterocycles. The highest BCUT2D eigenvalue weighted by molar-refractivity contribution is 6.30. The Balaban J connectivity index is 1.59. The molecule has 0 aliphatic carbocycles. The van der Waals surface area contributed by atoms with Crippen LogP contribution in [0.25, 0.3) is 0 Å². The molecule has 0 unspecified atom stereocenters. The molecule has 142 valence electrons. The number of nitrogens with zero attached hydrogens (tertiary/aromatic N) is 3. The minimum Gasteiger partial charge on any atom is -0.355 e. The summed E-state index contributed by atoms with van der Waals surface area (Å²) in [5.74, 6) is 1.01. The van der Waals surface area contributed by atoms with Crippen LogP contribution in [-0.4, -0.2) is 54.1 Å². The molecule has 2 bridgehead atoms. The summed E-state index contributed by atoms with van der Waals surface area (Å²) in [7, 11) is 0. The van der Waals surface area contributed by atoms with E-state index in [4.69, 9.17) is 11.6 Å². The normalized spacial score (nSPS) is 31.4. The minimum absolute atomic E-state index is 0.0127. The minimum atomic E-state index is -0.351. The van der Waals surface area contributed by atoms with Crippen molar-refractivity contribution >= 4 is 23.3 Å². The number of carbonyl (C=O) groups is 1. The smallest absolute Gasteiger partial charge is 0.216 e. The predicted molar refractivity (Wildman–Crippen MR) is 99.8 cm³/mol. The third kappa shape index (κ3) is 3.41. The summed E-state index contributed by atoms with van der Waals surface area (Å²) < 4.78 is 14.4. The number of carbonyl (C=O) groups excluding carboxylic acids is 1. The summed E-state index contributed by atoms with van der Waals surface area (Å²) in [5.41, 5.74) is 0. The maximum Gasteiger partial charge on any atom is 0.216 e. The maximum atomic E-state index is 14.4. The Labute approximate surface area is 158 Å². The summed E-state index contributed by atoms with van der Waals surface area (Å²) in [4.78, 5) is 20.5.